The molecule has 0 saturated carbocycles. The van der Waals surface area contributed by atoms with E-state index >= 15 is 0 Å². The van der Waals surface area contributed by atoms with E-state index < -0.39 is 5.82 Å². The average molecular weight is 274 g/mol. The van der Waals surface area contributed by atoms with Crippen molar-refractivity contribution in [2.24, 2.45) is 5.73 Å². The fourth-order valence-corrected chi connectivity index (χ4v) is 2.34. The van der Waals surface area contributed by atoms with Crippen LogP contribution in [0, 0.1) is 17.1 Å². The summed E-state index contributed by atoms with van der Waals surface area (Å²) in [6.45, 7) is 0. The Balaban J connectivity index is 2.10. The summed E-state index contributed by atoms with van der Waals surface area (Å²) in [5.74, 6) is 0.0936. The number of nitriles is 1. The number of halogens is 1. The summed E-state index contributed by atoms with van der Waals surface area (Å²) >= 11 is 1.08. The number of hydrogen-bond donors (Lipinski definition) is 2. The van der Waals surface area contributed by atoms with E-state index in [0.29, 0.717) is 21.4 Å². The lowest BCUT2D eigenvalue weighted by atomic mass is 10.2. The van der Waals surface area contributed by atoms with Crippen molar-refractivity contribution in [2.75, 3.05) is 5.43 Å². The van der Waals surface area contributed by atoms with Crippen molar-refractivity contribution in [3.05, 3.63) is 40.8 Å². The van der Waals surface area contributed by atoms with Gasteiger partial charge in [0, 0.05) is 0 Å². The monoisotopic (exact) mass is 274 g/mol. The van der Waals surface area contributed by atoms with Crippen LogP contribution in [-0.4, -0.2) is 14.9 Å². The molecule has 0 amide bonds. The van der Waals surface area contributed by atoms with Crippen molar-refractivity contribution >= 4 is 11.8 Å². The third kappa shape index (κ3) is 1.80. The van der Waals surface area contributed by atoms with Crippen molar-refractivity contribution in [3.8, 4) is 17.5 Å². The molecule has 0 bridgehead atoms. The normalized spacial score (nSPS) is 13.7. The molecule has 3 N–H and O–H groups in total. The van der Waals surface area contributed by atoms with Crippen molar-refractivity contribution in [1.29, 1.82) is 5.26 Å². The molecule has 0 radical (unpaired) electrons. The zero-order valence-corrected chi connectivity index (χ0v) is 10.3. The summed E-state index contributed by atoms with van der Waals surface area (Å²) < 4.78 is 15.2. The number of nitrogens with zero attached hydrogens (tertiary/aromatic N) is 4. The molecule has 94 valence electrons. The van der Waals surface area contributed by atoms with Crippen LogP contribution in [0.3, 0.4) is 0 Å². The molecule has 3 rings (SSSR count). The number of fused-ring (bicyclic) bond motifs is 1. The summed E-state index contributed by atoms with van der Waals surface area (Å²) in [5.41, 5.74) is 8.79. The van der Waals surface area contributed by atoms with Crippen LogP contribution in [0.4, 0.5) is 4.39 Å². The minimum Gasteiger partial charge on any atom is -0.383 e. The number of nitrogens with two attached hydrogens (primary N) is 1. The maximum absolute atomic E-state index is 13.8. The third-order valence-corrected chi connectivity index (χ3v) is 3.48. The lowest BCUT2D eigenvalue weighted by Gasteiger charge is -2.17. The molecule has 8 heteroatoms. The van der Waals surface area contributed by atoms with E-state index in [2.05, 4.69) is 15.6 Å². The van der Waals surface area contributed by atoms with Crippen LogP contribution < -0.4 is 11.2 Å². The molecule has 0 atom stereocenters. The van der Waals surface area contributed by atoms with Gasteiger partial charge < -0.3 is 5.73 Å². The number of thioether (sulfide) groups is 1. The first-order valence-corrected chi connectivity index (χ1v) is 6.07. The van der Waals surface area contributed by atoms with Gasteiger partial charge in [0.1, 0.15) is 22.6 Å². The molecule has 0 spiro atoms. The van der Waals surface area contributed by atoms with Crippen LogP contribution in [0.2, 0.25) is 0 Å². The standard InChI is InChI=1S/C11H7FN6S/c12-7-4-2-1-3-6(7)10-15-16-11-18(10)17-9(14)8(5-13)19-11/h1-4,17H,14H2. The molecule has 1 aliphatic heterocycles. The second-order valence-electron chi connectivity index (χ2n) is 3.69. The Morgan fingerprint density at radius 1 is 1.37 bits per heavy atom. The van der Waals surface area contributed by atoms with Gasteiger partial charge in [0.15, 0.2) is 5.82 Å². The molecule has 0 aliphatic carbocycles. The Labute approximate surface area is 111 Å². The number of hydrogen-bond acceptors (Lipinski definition) is 6. The van der Waals surface area contributed by atoms with Crippen molar-refractivity contribution in [2.45, 2.75) is 5.16 Å². The molecule has 1 aromatic carbocycles. The Morgan fingerprint density at radius 3 is 2.89 bits per heavy atom. The molecule has 0 fully saturated rings. The second kappa shape index (κ2) is 4.29. The maximum Gasteiger partial charge on any atom is 0.216 e. The zero-order valence-electron chi connectivity index (χ0n) is 9.46. The highest BCUT2D eigenvalue weighted by atomic mass is 32.2. The van der Waals surface area contributed by atoms with Gasteiger partial charge in [0.25, 0.3) is 0 Å². The van der Waals surface area contributed by atoms with Gasteiger partial charge in [-0.1, -0.05) is 12.1 Å². The largest absolute Gasteiger partial charge is 0.383 e. The van der Waals surface area contributed by atoms with E-state index in [1.165, 1.54) is 10.7 Å². The molecule has 19 heavy (non-hydrogen) atoms. The highest BCUT2D eigenvalue weighted by Gasteiger charge is 2.23. The predicted molar refractivity (Wildman–Crippen MR) is 67.5 cm³/mol. The summed E-state index contributed by atoms with van der Waals surface area (Å²) in [7, 11) is 0. The molecular weight excluding hydrogens is 267 g/mol. The molecular formula is C11H7FN6S. The van der Waals surface area contributed by atoms with Gasteiger partial charge in [0.05, 0.1) is 5.56 Å². The Morgan fingerprint density at radius 2 is 2.16 bits per heavy atom. The van der Waals surface area contributed by atoms with Gasteiger partial charge in [-0.2, -0.15) is 5.26 Å². The van der Waals surface area contributed by atoms with Crippen LogP contribution in [0.5, 0.6) is 0 Å². The Bertz CT molecular complexity index is 729. The summed E-state index contributed by atoms with van der Waals surface area (Å²) in [6.07, 6.45) is 0. The van der Waals surface area contributed by atoms with Crippen LogP contribution in [0.15, 0.2) is 40.1 Å². The molecule has 6 nitrogen and oxygen atoms in total. The van der Waals surface area contributed by atoms with Crippen LogP contribution in [0.1, 0.15) is 0 Å². The van der Waals surface area contributed by atoms with E-state index in [1.54, 1.807) is 18.2 Å². The van der Waals surface area contributed by atoms with Gasteiger partial charge in [-0.25, -0.2) is 9.07 Å². The average Bonchev–Trinajstić information content (AvgIpc) is 2.81. The van der Waals surface area contributed by atoms with E-state index in [1.807, 2.05) is 6.07 Å². The maximum atomic E-state index is 13.8. The van der Waals surface area contributed by atoms with Crippen molar-refractivity contribution in [3.63, 3.8) is 0 Å². The van der Waals surface area contributed by atoms with Crippen LogP contribution in [0.25, 0.3) is 11.4 Å². The highest BCUT2D eigenvalue weighted by molar-refractivity contribution is 8.03. The van der Waals surface area contributed by atoms with Crippen LogP contribution in [-0.2, 0) is 0 Å². The van der Waals surface area contributed by atoms with Crippen molar-refractivity contribution in [1.82, 2.24) is 14.9 Å². The Hall–Kier alpha value is -2.53. The topological polar surface area (TPSA) is 92.6 Å². The first-order valence-electron chi connectivity index (χ1n) is 5.25. The summed E-state index contributed by atoms with van der Waals surface area (Å²) in [5, 5.41) is 17.2. The van der Waals surface area contributed by atoms with Crippen molar-refractivity contribution < 1.29 is 4.39 Å². The minimum atomic E-state index is -0.405. The van der Waals surface area contributed by atoms with E-state index in [-0.39, 0.29) is 5.82 Å². The molecule has 0 unspecified atom stereocenters. The van der Waals surface area contributed by atoms with Crippen LogP contribution >= 0.6 is 11.8 Å². The zero-order chi connectivity index (χ0) is 13.4. The fraction of sp³-hybridized carbons (Fsp3) is 0. The first-order chi connectivity index (χ1) is 9.20. The van der Waals surface area contributed by atoms with Gasteiger partial charge >= 0.3 is 0 Å². The molecule has 2 aromatic rings. The van der Waals surface area contributed by atoms with Gasteiger partial charge in [-0.3, -0.25) is 5.43 Å². The lowest BCUT2D eigenvalue weighted by molar-refractivity contribution is 0.628. The number of aromatic nitrogens is 3. The SMILES string of the molecule is N#CC1=C(N)Nn2c(nnc2-c2ccccc2F)S1. The summed E-state index contributed by atoms with van der Waals surface area (Å²) in [4.78, 5) is 0.306. The lowest BCUT2D eigenvalue weighted by Crippen LogP contribution is -2.26. The van der Waals surface area contributed by atoms with E-state index in [9.17, 15) is 4.39 Å². The number of nitrogens with one attached hydrogen (secondary N) is 1. The predicted octanol–water partition coefficient (Wildman–Crippen LogP) is 1.38. The summed E-state index contributed by atoms with van der Waals surface area (Å²) in [6, 6.07) is 8.19. The molecule has 0 saturated heterocycles. The minimum absolute atomic E-state index is 0.192. The van der Waals surface area contributed by atoms with E-state index in [0.717, 1.165) is 11.8 Å². The van der Waals surface area contributed by atoms with Gasteiger partial charge in [-0.15, -0.1) is 10.2 Å². The highest BCUT2D eigenvalue weighted by Crippen LogP contribution is 2.32. The smallest absolute Gasteiger partial charge is 0.216 e. The third-order valence-electron chi connectivity index (χ3n) is 2.52. The number of benzene rings is 1. The number of rotatable bonds is 1. The molecule has 1 aromatic heterocycles. The fourth-order valence-electron chi connectivity index (χ4n) is 1.65. The molecule has 1 aliphatic rings. The first kappa shape index (κ1) is 11.6. The molecule has 2 heterocycles. The van der Waals surface area contributed by atoms with Gasteiger partial charge in [0.2, 0.25) is 5.16 Å². The Kier molecular flexibility index (Phi) is 2.61. The quantitative estimate of drug-likeness (QED) is 0.816. The van der Waals surface area contributed by atoms with E-state index in [4.69, 9.17) is 11.0 Å². The van der Waals surface area contributed by atoms with Gasteiger partial charge in [-0.05, 0) is 23.9 Å². The number of allylic oxidation sites excluding steroid dienone is 1. The second-order valence-corrected chi connectivity index (χ2v) is 4.67.